The van der Waals surface area contributed by atoms with Crippen LogP contribution in [-0.2, 0) is 4.79 Å². The highest BCUT2D eigenvalue weighted by molar-refractivity contribution is 6.27. The molecule has 3 rings (SSSR count). The first-order valence-corrected chi connectivity index (χ1v) is 10.4. The lowest BCUT2D eigenvalue weighted by molar-refractivity contribution is -0.111. The normalized spacial score (nSPS) is 14.7. The number of benzene rings is 1. The molecule has 30 heavy (non-hydrogen) atoms. The number of carbonyl (C=O) groups excluding carboxylic acids is 1. The Kier molecular flexibility index (Phi) is 7.48. The Labute approximate surface area is 182 Å². The summed E-state index contributed by atoms with van der Waals surface area (Å²) in [5.74, 6) is 1.13. The standard InChI is InChI=1S/C21H28ClN7O/c1-4-28-9-11-29(12-10-28)16-5-6-17(18(13-16)26-21(30)7-8-22)25-19-14-20(27(2)3)24-15-23-19/h5-8,13-15H,4,9-12H2,1-3H3,(H,26,30)(H,23,24,25)/b8-7-. The van der Waals surface area contributed by atoms with Crippen molar-refractivity contribution in [1.82, 2.24) is 14.9 Å². The molecule has 0 bridgehead atoms. The van der Waals surface area contributed by atoms with Crippen LogP contribution in [0.25, 0.3) is 0 Å². The summed E-state index contributed by atoms with van der Waals surface area (Å²) in [4.78, 5) is 27.4. The van der Waals surface area contributed by atoms with E-state index in [4.69, 9.17) is 11.6 Å². The van der Waals surface area contributed by atoms with Gasteiger partial charge in [-0.2, -0.15) is 0 Å². The monoisotopic (exact) mass is 429 g/mol. The van der Waals surface area contributed by atoms with Crippen molar-refractivity contribution in [3.8, 4) is 0 Å². The Hall–Kier alpha value is -2.84. The van der Waals surface area contributed by atoms with Crippen molar-refractivity contribution >= 4 is 46.2 Å². The second-order valence-corrected chi connectivity index (χ2v) is 7.47. The van der Waals surface area contributed by atoms with Gasteiger partial charge in [-0.3, -0.25) is 4.79 Å². The van der Waals surface area contributed by atoms with Crippen LogP contribution in [0.2, 0.25) is 0 Å². The first kappa shape index (κ1) is 21.9. The number of piperazine rings is 1. The molecule has 1 saturated heterocycles. The highest BCUT2D eigenvalue weighted by Gasteiger charge is 2.17. The van der Waals surface area contributed by atoms with E-state index in [1.165, 1.54) is 17.9 Å². The van der Waals surface area contributed by atoms with Crippen molar-refractivity contribution in [3.05, 3.63) is 42.2 Å². The van der Waals surface area contributed by atoms with Gasteiger partial charge < -0.3 is 25.3 Å². The second kappa shape index (κ2) is 10.3. The Balaban J connectivity index is 1.86. The molecule has 2 heterocycles. The van der Waals surface area contributed by atoms with Crippen LogP contribution in [0.4, 0.5) is 28.7 Å². The van der Waals surface area contributed by atoms with E-state index in [1.807, 2.05) is 37.2 Å². The van der Waals surface area contributed by atoms with E-state index in [0.717, 1.165) is 49.9 Å². The van der Waals surface area contributed by atoms with Gasteiger partial charge in [0.1, 0.15) is 18.0 Å². The number of aromatic nitrogens is 2. The molecular weight excluding hydrogens is 402 g/mol. The van der Waals surface area contributed by atoms with Gasteiger partial charge in [-0.1, -0.05) is 18.5 Å². The van der Waals surface area contributed by atoms with Gasteiger partial charge in [-0.15, -0.1) is 0 Å². The maximum atomic E-state index is 12.2. The Morgan fingerprint density at radius 1 is 1.17 bits per heavy atom. The largest absolute Gasteiger partial charge is 0.369 e. The summed E-state index contributed by atoms with van der Waals surface area (Å²) in [5.41, 5.74) is 3.67. The molecule has 1 aromatic heterocycles. The minimum atomic E-state index is -0.294. The van der Waals surface area contributed by atoms with Crippen molar-refractivity contribution < 1.29 is 4.79 Å². The van der Waals surface area contributed by atoms with Gasteiger partial charge in [0.05, 0.1) is 11.4 Å². The maximum absolute atomic E-state index is 12.2. The third kappa shape index (κ3) is 5.61. The molecule has 1 amide bonds. The topological polar surface area (TPSA) is 76.6 Å². The average molecular weight is 430 g/mol. The number of likely N-dealkylation sites (N-methyl/N-ethyl adjacent to an activating group) is 1. The fraction of sp³-hybridized carbons (Fsp3) is 0.381. The maximum Gasteiger partial charge on any atom is 0.249 e. The number of anilines is 5. The number of halogens is 1. The number of amides is 1. The van der Waals surface area contributed by atoms with E-state index in [9.17, 15) is 4.79 Å². The summed E-state index contributed by atoms with van der Waals surface area (Å²) in [5, 5.41) is 6.19. The number of carbonyl (C=O) groups is 1. The molecule has 1 aromatic carbocycles. The van der Waals surface area contributed by atoms with E-state index in [0.29, 0.717) is 11.5 Å². The molecule has 1 fully saturated rings. The molecule has 0 spiro atoms. The predicted molar refractivity (Wildman–Crippen MR) is 124 cm³/mol. The highest BCUT2D eigenvalue weighted by atomic mass is 35.5. The SMILES string of the molecule is CCN1CCN(c2ccc(Nc3cc(N(C)C)ncn3)c(NC(=O)/C=C\Cl)c2)CC1. The minimum absolute atomic E-state index is 0.294. The van der Waals surface area contributed by atoms with Crippen LogP contribution in [0.5, 0.6) is 0 Å². The number of hydrogen-bond acceptors (Lipinski definition) is 7. The van der Waals surface area contributed by atoms with Gasteiger partial charge in [-0.25, -0.2) is 9.97 Å². The highest BCUT2D eigenvalue weighted by Crippen LogP contribution is 2.31. The van der Waals surface area contributed by atoms with Gasteiger partial charge in [0.2, 0.25) is 5.91 Å². The van der Waals surface area contributed by atoms with Gasteiger partial charge in [0, 0.05) is 63.6 Å². The zero-order chi connectivity index (χ0) is 21.5. The fourth-order valence-corrected chi connectivity index (χ4v) is 3.41. The third-order valence-corrected chi connectivity index (χ3v) is 5.16. The molecule has 2 aromatic rings. The van der Waals surface area contributed by atoms with Crippen molar-refractivity contribution in [1.29, 1.82) is 0 Å². The molecule has 0 unspecified atom stereocenters. The number of nitrogens with one attached hydrogen (secondary N) is 2. The first-order valence-electron chi connectivity index (χ1n) is 9.95. The number of hydrogen-bond donors (Lipinski definition) is 2. The third-order valence-electron chi connectivity index (χ3n) is 5.03. The molecule has 1 aliphatic heterocycles. The summed E-state index contributed by atoms with van der Waals surface area (Å²) in [6.45, 7) is 7.21. The van der Waals surface area contributed by atoms with Crippen molar-refractivity contribution in [3.63, 3.8) is 0 Å². The lowest BCUT2D eigenvalue weighted by atomic mass is 10.2. The molecule has 0 atom stereocenters. The predicted octanol–water partition coefficient (Wildman–Crippen LogP) is 3.12. The first-order chi connectivity index (χ1) is 14.5. The smallest absolute Gasteiger partial charge is 0.249 e. The summed E-state index contributed by atoms with van der Waals surface area (Å²) < 4.78 is 0. The lowest BCUT2D eigenvalue weighted by Gasteiger charge is -2.35. The lowest BCUT2D eigenvalue weighted by Crippen LogP contribution is -2.46. The van der Waals surface area contributed by atoms with E-state index in [-0.39, 0.29) is 5.91 Å². The summed E-state index contributed by atoms with van der Waals surface area (Å²) in [6, 6.07) is 7.85. The van der Waals surface area contributed by atoms with Crippen LogP contribution in [0.1, 0.15) is 6.92 Å². The number of nitrogens with zero attached hydrogens (tertiary/aromatic N) is 5. The average Bonchev–Trinajstić information content (AvgIpc) is 2.75. The van der Waals surface area contributed by atoms with E-state index in [2.05, 4.69) is 43.4 Å². The van der Waals surface area contributed by atoms with Crippen molar-refractivity contribution in [2.75, 3.05) is 67.3 Å². The second-order valence-electron chi connectivity index (χ2n) is 7.21. The molecule has 0 aliphatic carbocycles. The molecular formula is C21H28ClN7O. The minimum Gasteiger partial charge on any atom is -0.369 e. The summed E-state index contributed by atoms with van der Waals surface area (Å²) >= 11 is 5.57. The molecule has 9 heteroatoms. The van der Waals surface area contributed by atoms with E-state index in [1.54, 1.807) is 0 Å². The van der Waals surface area contributed by atoms with E-state index >= 15 is 0 Å². The van der Waals surface area contributed by atoms with Crippen LogP contribution >= 0.6 is 11.6 Å². The molecule has 160 valence electrons. The summed E-state index contributed by atoms with van der Waals surface area (Å²) in [6.07, 6.45) is 2.79. The molecule has 0 radical (unpaired) electrons. The fourth-order valence-electron chi connectivity index (χ4n) is 3.29. The quantitative estimate of drug-likeness (QED) is 0.655. The van der Waals surface area contributed by atoms with Crippen LogP contribution < -0.4 is 20.4 Å². The van der Waals surface area contributed by atoms with Crippen LogP contribution in [0.3, 0.4) is 0 Å². The van der Waals surface area contributed by atoms with Crippen molar-refractivity contribution in [2.45, 2.75) is 6.92 Å². The Morgan fingerprint density at radius 3 is 2.60 bits per heavy atom. The summed E-state index contributed by atoms with van der Waals surface area (Å²) in [7, 11) is 3.84. The van der Waals surface area contributed by atoms with Crippen LogP contribution in [0.15, 0.2) is 42.2 Å². The van der Waals surface area contributed by atoms with Crippen LogP contribution in [0, 0.1) is 0 Å². The van der Waals surface area contributed by atoms with Gasteiger partial charge in [0.25, 0.3) is 0 Å². The Morgan fingerprint density at radius 2 is 1.93 bits per heavy atom. The zero-order valence-corrected chi connectivity index (χ0v) is 18.4. The number of rotatable bonds is 7. The van der Waals surface area contributed by atoms with Gasteiger partial charge in [0.15, 0.2) is 0 Å². The molecule has 1 aliphatic rings. The van der Waals surface area contributed by atoms with Gasteiger partial charge >= 0.3 is 0 Å². The molecule has 8 nitrogen and oxygen atoms in total. The molecule has 2 N–H and O–H groups in total. The zero-order valence-electron chi connectivity index (χ0n) is 17.6. The molecule has 0 saturated carbocycles. The van der Waals surface area contributed by atoms with Crippen LogP contribution in [-0.4, -0.2) is 67.6 Å². The van der Waals surface area contributed by atoms with E-state index < -0.39 is 0 Å². The van der Waals surface area contributed by atoms with Gasteiger partial charge in [-0.05, 0) is 24.7 Å². The van der Waals surface area contributed by atoms with Crippen molar-refractivity contribution in [2.24, 2.45) is 0 Å². The Bertz CT molecular complexity index is 895.